The third kappa shape index (κ3) is 2.31. The van der Waals surface area contributed by atoms with E-state index in [2.05, 4.69) is 24.0 Å². The highest BCUT2D eigenvalue weighted by Crippen LogP contribution is 2.34. The van der Waals surface area contributed by atoms with E-state index in [0.29, 0.717) is 11.5 Å². The highest BCUT2D eigenvalue weighted by Gasteiger charge is 2.18. The van der Waals surface area contributed by atoms with Gasteiger partial charge in [0.2, 0.25) is 0 Å². The number of aromatic amines is 1. The van der Waals surface area contributed by atoms with Gasteiger partial charge in [0.1, 0.15) is 0 Å². The molecule has 4 nitrogen and oxygen atoms in total. The van der Waals surface area contributed by atoms with Crippen molar-refractivity contribution in [1.29, 1.82) is 0 Å². The number of methoxy groups -OCH3 is 2. The molecule has 0 bridgehead atoms. The predicted molar refractivity (Wildman–Crippen MR) is 88.6 cm³/mol. The lowest BCUT2D eigenvalue weighted by atomic mass is 9.96. The van der Waals surface area contributed by atoms with Gasteiger partial charge in [-0.2, -0.15) is 0 Å². The zero-order valence-electron chi connectivity index (χ0n) is 13.0. The highest BCUT2D eigenvalue weighted by atomic mass is 16.5. The Bertz CT molecular complexity index is 808. The summed E-state index contributed by atoms with van der Waals surface area (Å²) in [5.41, 5.74) is 10.8. The molecule has 0 spiro atoms. The van der Waals surface area contributed by atoms with Crippen molar-refractivity contribution in [2.75, 3.05) is 14.2 Å². The highest BCUT2D eigenvalue weighted by molar-refractivity contribution is 5.85. The Morgan fingerprint density at radius 3 is 2.45 bits per heavy atom. The van der Waals surface area contributed by atoms with E-state index in [9.17, 15) is 0 Å². The molecule has 3 aromatic rings. The van der Waals surface area contributed by atoms with E-state index in [1.165, 1.54) is 0 Å². The molecule has 114 valence electrons. The summed E-state index contributed by atoms with van der Waals surface area (Å²) >= 11 is 0. The lowest BCUT2D eigenvalue weighted by Gasteiger charge is -2.16. The van der Waals surface area contributed by atoms with Gasteiger partial charge < -0.3 is 20.2 Å². The van der Waals surface area contributed by atoms with Gasteiger partial charge in [0.05, 0.1) is 20.3 Å². The monoisotopic (exact) mass is 296 g/mol. The number of H-pyrrole nitrogens is 1. The number of aryl methyl sites for hydroxylation is 1. The van der Waals surface area contributed by atoms with E-state index < -0.39 is 0 Å². The first-order valence-corrected chi connectivity index (χ1v) is 7.20. The van der Waals surface area contributed by atoms with Crippen LogP contribution in [0.5, 0.6) is 11.5 Å². The van der Waals surface area contributed by atoms with E-state index in [-0.39, 0.29) is 6.04 Å². The smallest absolute Gasteiger partial charge is 0.161 e. The van der Waals surface area contributed by atoms with Crippen LogP contribution in [0.25, 0.3) is 10.9 Å². The third-order valence-electron chi connectivity index (χ3n) is 4.02. The molecule has 0 saturated carbocycles. The van der Waals surface area contributed by atoms with Crippen LogP contribution in [0.15, 0.2) is 42.5 Å². The molecule has 3 N–H and O–H groups in total. The van der Waals surface area contributed by atoms with Crippen molar-refractivity contribution in [3.05, 3.63) is 59.3 Å². The minimum absolute atomic E-state index is 0.226. The van der Waals surface area contributed by atoms with Crippen molar-refractivity contribution in [2.45, 2.75) is 13.0 Å². The fraction of sp³-hybridized carbons (Fsp3) is 0.222. The van der Waals surface area contributed by atoms with E-state index >= 15 is 0 Å². The van der Waals surface area contributed by atoms with Gasteiger partial charge in [0, 0.05) is 22.2 Å². The zero-order chi connectivity index (χ0) is 15.7. The summed E-state index contributed by atoms with van der Waals surface area (Å²) in [6.07, 6.45) is 0. The summed E-state index contributed by atoms with van der Waals surface area (Å²) in [5, 5.41) is 1.15. The Balaban J connectivity index is 2.09. The second kappa shape index (κ2) is 5.73. The first kappa shape index (κ1) is 14.5. The Morgan fingerprint density at radius 1 is 1.00 bits per heavy atom. The fourth-order valence-corrected chi connectivity index (χ4v) is 2.91. The van der Waals surface area contributed by atoms with Gasteiger partial charge in [0.25, 0.3) is 0 Å². The van der Waals surface area contributed by atoms with Crippen LogP contribution >= 0.6 is 0 Å². The average Bonchev–Trinajstić information content (AvgIpc) is 2.89. The quantitative estimate of drug-likeness (QED) is 0.774. The van der Waals surface area contributed by atoms with Gasteiger partial charge in [-0.05, 0) is 30.7 Å². The lowest BCUT2D eigenvalue weighted by molar-refractivity contribution is 0.354. The molecule has 0 radical (unpaired) electrons. The number of rotatable bonds is 4. The van der Waals surface area contributed by atoms with Gasteiger partial charge in [-0.15, -0.1) is 0 Å². The Labute approximate surface area is 129 Å². The molecule has 1 atom stereocenters. The largest absolute Gasteiger partial charge is 0.493 e. The van der Waals surface area contributed by atoms with Crippen LogP contribution < -0.4 is 15.2 Å². The number of nitrogens with two attached hydrogens (primary N) is 1. The van der Waals surface area contributed by atoms with E-state index in [1.54, 1.807) is 14.2 Å². The number of nitrogens with one attached hydrogen (secondary N) is 1. The maximum atomic E-state index is 6.53. The molecule has 4 heteroatoms. The number of benzene rings is 2. The summed E-state index contributed by atoms with van der Waals surface area (Å²) in [6.45, 7) is 2.05. The molecule has 3 rings (SSSR count). The van der Waals surface area contributed by atoms with Crippen molar-refractivity contribution in [3.8, 4) is 11.5 Å². The van der Waals surface area contributed by atoms with Gasteiger partial charge >= 0.3 is 0 Å². The van der Waals surface area contributed by atoms with Crippen molar-refractivity contribution < 1.29 is 9.47 Å². The number of fused-ring (bicyclic) bond motifs is 1. The summed E-state index contributed by atoms with van der Waals surface area (Å²) in [5.74, 6) is 1.39. The molecule has 0 fully saturated rings. The molecule has 0 aliphatic heterocycles. The van der Waals surface area contributed by atoms with Crippen LogP contribution in [0.1, 0.15) is 22.9 Å². The fourth-order valence-electron chi connectivity index (χ4n) is 2.91. The van der Waals surface area contributed by atoms with Crippen LogP contribution in [0, 0.1) is 6.92 Å². The van der Waals surface area contributed by atoms with Gasteiger partial charge in [-0.3, -0.25) is 0 Å². The Morgan fingerprint density at radius 2 is 1.73 bits per heavy atom. The number of ether oxygens (including phenoxy) is 2. The summed E-state index contributed by atoms with van der Waals surface area (Å²) < 4.78 is 10.7. The summed E-state index contributed by atoms with van der Waals surface area (Å²) in [6, 6.07) is 13.8. The molecule has 0 amide bonds. The Hall–Kier alpha value is -2.46. The van der Waals surface area contributed by atoms with Crippen LogP contribution in [0.3, 0.4) is 0 Å². The normalized spacial score (nSPS) is 12.4. The van der Waals surface area contributed by atoms with Crippen LogP contribution in [0.2, 0.25) is 0 Å². The summed E-state index contributed by atoms with van der Waals surface area (Å²) in [7, 11) is 3.26. The standard InChI is InChI=1S/C18H20N2O2/c1-11-17(13-6-4-5-7-14(13)20-11)18(19)12-8-9-15(21-2)16(10-12)22-3/h4-10,18,20H,19H2,1-3H3. The molecule has 0 saturated heterocycles. The predicted octanol–water partition coefficient (Wildman–Crippen LogP) is 3.54. The topological polar surface area (TPSA) is 60.3 Å². The number of hydrogen-bond acceptors (Lipinski definition) is 3. The second-order valence-electron chi connectivity index (χ2n) is 5.30. The molecular formula is C18H20N2O2. The van der Waals surface area contributed by atoms with Gasteiger partial charge in [-0.25, -0.2) is 0 Å². The zero-order valence-corrected chi connectivity index (χ0v) is 13.0. The molecule has 0 aliphatic carbocycles. The minimum Gasteiger partial charge on any atom is -0.493 e. The number of para-hydroxylation sites is 1. The van der Waals surface area contributed by atoms with E-state index in [0.717, 1.165) is 27.7 Å². The molecular weight excluding hydrogens is 276 g/mol. The van der Waals surface area contributed by atoms with E-state index in [4.69, 9.17) is 15.2 Å². The molecule has 2 aromatic carbocycles. The summed E-state index contributed by atoms with van der Waals surface area (Å²) in [4.78, 5) is 3.39. The van der Waals surface area contributed by atoms with E-state index in [1.807, 2.05) is 30.3 Å². The first-order chi connectivity index (χ1) is 10.7. The molecule has 1 heterocycles. The first-order valence-electron chi connectivity index (χ1n) is 7.20. The van der Waals surface area contributed by atoms with Gasteiger partial charge in [-0.1, -0.05) is 24.3 Å². The number of aromatic nitrogens is 1. The van der Waals surface area contributed by atoms with Crippen LogP contribution in [-0.4, -0.2) is 19.2 Å². The van der Waals surface area contributed by atoms with Crippen LogP contribution in [-0.2, 0) is 0 Å². The van der Waals surface area contributed by atoms with Crippen molar-refractivity contribution >= 4 is 10.9 Å². The maximum absolute atomic E-state index is 6.53. The van der Waals surface area contributed by atoms with Crippen LogP contribution in [0.4, 0.5) is 0 Å². The molecule has 1 unspecified atom stereocenters. The average molecular weight is 296 g/mol. The van der Waals surface area contributed by atoms with Crippen molar-refractivity contribution in [2.24, 2.45) is 5.73 Å². The molecule has 0 aliphatic rings. The van der Waals surface area contributed by atoms with Crippen molar-refractivity contribution in [1.82, 2.24) is 4.98 Å². The van der Waals surface area contributed by atoms with Crippen molar-refractivity contribution in [3.63, 3.8) is 0 Å². The lowest BCUT2D eigenvalue weighted by Crippen LogP contribution is -2.13. The Kier molecular flexibility index (Phi) is 3.77. The third-order valence-corrected chi connectivity index (χ3v) is 4.02. The van der Waals surface area contributed by atoms with Gasteiger partial charge in [0.15, 0.2) is 11.5 Å². The number of hydrogen-bond donors (Lipinski definition) is 2. The molecule has 1 aromatic heterocycles. The second-order valence-corrected chi connectivity index (χ2v) is 5.30. The minimum atomic E-state index is -0.226. The SMILES string of the molecule is COc1ccc(C(N)c2c(C)[nH]c3ccccc23)cc1OC. The maximum Gasteiger partial charge on any atom is 0.161 e. The molecule has 22 heavy (non-hydrogen) atoms.